The number of nitrogens with zero attached hydrogens (tertiary/aromatic N) is 1. The van der Waals surface area contributed by atoms with Crippen molar-refractivity contribution in [3.8, 4) is 0 Å². The van der Waals surface area contributed by atoms with E-state index in [9.17, 15) is 9.50 Å². The fourth-order valence-corrected chi connectivity index (χ4v) is 2.87. The van der Waals surface area contributed by atoms with Crippen LogP contribution in [0.15, 0.2) is 12.1 Å². The molecule has 112 valence electrons. The lowest BCUT2D eigenvalue weighted by molar-refractivity contribution is -0.00476. The van der Waals surface area contributed by atoms with E-state index in [4.69, 9.17) is 4.74 Å². The Morgan fingerprint density at radius 3 is 2.75 bits per heavy atom. The van der Waals surface area contributed by atoms with E-state index in [0.29, 0.717) is 11.1 Å². The smallest absolute Gasteiger partial charge is 0.126 e. The quantitative estimate of drug-likeness (QED) is 0.923. The molecule has 1 fully saturated rings. The highest BCUT2D eigenvalue weighted by atomic mass is 19.1. The Morgan fingerprint density at radius 1 is 1.45 bits per heavy atom. The fraction of sp³-hybridized carbons (Fsp3) is 0.625. The van der Waals surface area contributed by atoms with Crippen molar-refractivity contribution < 1.29 is 14.2 Å². The Labute approximate surface area is 120 Å². The minimum Gasteiger partial charge on any atom is -0.389 e. The minimum absolute atomic E-state index is 0.184. The van der Waals surface area contributed by atoms with Gasteiger partial charge in [-0.15, -0.1) is 0 Å². The van der Waals surface area contributed by atoms with Gasteiger partial charge in [-0.25, -0.2) is 4.39 Å². The summed E-state index contributed by atoms with van der Waals surface area (Å²) >= 11 is 0. The van der Waals surface area contributed by atoms with Gasteiger partial charge in [0.05, 0.1) is 11.7 Å². The SMILES string of the molecule is COC1(C)CCCN(c2cc(C)c(F)cc2[C@@H](C)O)C1. The van der Waals surface area contributed by atoms with E-state index in [2.05, 4.69) is 11.8 Å². The first-order valence-corrected chi connectivity index (χ1v) is 7.14. The highest BCUT2D eigenvalue weighted by Crippen LogP contribution is 2.34. The third kappa shape index (κ3) is 2.96. The topological polar surface area (TPSA) is 32.7 Å². The molecule has 4 heteroatoms. The van der Waals surface area contributed by atoms with Crippen LogP contribution < -0.4 is 4.90 Å². The lowest BCUT2D eigenvalue weighted by Gasteiger charge is -2.41. The van der Waals surface area contributed by atoms with Crippen LogP contribution in [0.5, 0.6) is 0 Å². The highest BCUT2D eigenvalue weighted by Gasteiger charge is 2.32. The van der Waals surface area contributed by atoms with Gasteiger partial charge in [-0.05, 0) is 51.3 Å². The van der Waals surface area contributed by atoms with Crippen molar-refractivity contribution in [1.82, 2.24) is 0 Å². The molecule has 2 atom stereocenters. The monoisotopic (exact) mass is 281 g/mol. The second-order valence-corrected chi connectivity index (χ2v) is 6.02. The number of anilines is 1. The predicted molar refractivity (Wildman–Crippen MR) is 78.6 cm³/mol. The summed E-state index contributed by atoms with van der Waals surface area (Å²) in [5.74, 6) is -0.267. The summed E-state index contributed by atoms with van der Waals surface area (Å²) in [5.41, 5.74) is 1.99. The van der Waals surface area contributed by atoms with Gasteiger partial charge in [-0.3, -0.25) is 0 Å². The second kappa shape index (κ2) is 5.70. The molecule has 1 aromatic carbocycles. The van der Waals surface area contributed by atoms with Crippen LogP contribution in [-0.4, -0.2) is 30.9 Å². The average Bonchev–Trinajstić information content (AvgIpc) is 2.41. The first-order valence-electron chi connectivity index (χ1n) is 7.14. The van der Waals surface area contributed by atoms with Crippen LogP contribution in [0.3, 0.4) is 0 Å². The molecule has 0 bridgehead atoms. The zero-order valence-corrected chi connectivity index (χ0v) is 12.7. The van der Waals surface area contributed by atoms with Gasteiger partial charge < -0.3 is 14.7 Å². The van der Waals surface area contributed by atoms with E-state index >= 15 is 0 Å². The van der Waals surface area contributed by atoms with Crippen LogP contribution in [0.1, 0.15) is 43.9 Å². The lowest BCUT2D eigenvalue weighted by atomic mass is 9.93. The van der Waals surface area contributed by atoms with Crippen LogP contribution in [0, 0.1) is 12.7 Å². The molecule has 2 rings (SSSR count). The molecule has 0 saturated carbocycles. The molecular weight excluding hydrogens is 257 g/mol. The van der Waals surface area contributed by atoms with Crippen molar-refractivity contribution in [3.63, 3.8) is 0 Å². The van der Waals surface area contributed by atoms with Crippen molar-refractivity contribution in [2.75, 3.05) is 25.1 Å². The number of halogens is 1. The zero-order chi connectivity index (χ0) is 14.9. The molecule has 1 heterocycles. The highest BCUT2D eigenvalue weighted by molar-refractivity contribution is 5.57. The molecule has 1 aliphatic rings. The molecule has 1 aromatic rings. The maximum atomic E-state index is 13.8. The van der Waals surface area contributed by atoms with Crippen LogP contribution in [-0.2, 0) is 4.74 Å². The Bertz CT molecular complexity index is 490. The molecule has 1 unspecified atom stereocenters. The molecule has 20 heavy (non-hydrogen) atoms. The molecular formula is C16H24FNO2. The summed E-state index contributed by atoms with van der Waals surface area (Å²) in [4.78, 5) is 2.20. The van der Waals surface area contributed by atoms with Crippen molar-refractivity contribution in [1.29, 1.82) is 0 Å². The van der Waals surface area contributed by atoms with Gasteiger partial charge >= 0.3 is 0 Å². The molecule has 0 aliphatic carbocycles. The van der Waals surface area contributed by atoms with E-state index in [1.54, 1.807) is 21.0 Å². The number of rotatable bonds is 3. The Hall–Kier alpha value is -1.13. The average molecular weight is 281 g/mol. The van der Waals surface area contributed by atoms with Gasteiger partial charge in [0.2, 0.25) is 0 Å². The summed E-state index contributed by atoms with van der Waals surface area (Å²) in [7, 11) is 1.73. The lowest BCUT2D eigenvalue weighted by Crippen LogP contribution is -2.47. The maximum absolute atomic E-state index is 13.8. The van der Waals surface area contributed by atoms with E-state index in [1.807, 2.05) is 6.07 Å². The molecule has 0 spiro atoms. The molecule has 1 aliphatic heterocycles. The van der Waals surface area contributed by atoms with Crippen LogP contribution >= 0.6 is 0 Å². The van der Waals surface area contributed by atoms with Crippen LogP contribution in [0.2, 0.25) is 0 Å². The van der Waals surface area contributed by atoms with Gasteiger partial charge in [0.1, 0.15) is 5.82 Å². The number of aryl methyl sites for hydroxylation is 1. The zero-order valence-electron chi connectivity index (χ0n) is 12.7. The number of aliphatic hydroxyl groups is 1. The number of methoxy groups -OCH3 is 1. The number of piperidine rings is 1. The third-order valence-electron chi connectivity index (χ3n) is 4.25. The summed E-state index contributed by atoms with van der Waals surface area (Å²) in [6.45, 7) is 7.19. The number of benzene rings is 1. The second-order valence-electron chi connectivity index (χ2n) is 6.02. The van der Waals surface area contributed by atoms with E-state index in [0.717, 1.165) is 31.6 Å². The number of aliphatic hydroxyl groups excluding tert-OH is 1. The van der Waals surface area contributed by atoms with Crippen LogP contribution in [0.25, 0.3) is 0 Å². The Morgan fingerprint density at radius 2 is 2.15 bits per heavy atom. The Balaban J connectivity index is 2.38. The maximum Gasteiger partial charge on any atom is 0.126 e. The fourth-order valence-electron chi connectivity index (χ4n) is 2.87. The van der Waals surface area contributed by atoms with Crippen molar-refractivity contribution in [2.24, 2.45) is 0 Å². The normalized spacial score (nSPS) is 24.8. The van der Waals surface area contributed by atoms with Crippen molar-refractivity contribution in [3.05, 3.63) is 29.1 Å². The molecule has 1 N–H and O–H groups in total. The van der Waals surface area contributed by atoms with E-state index in [1.165, 1.54) is 6.07 Å². The van der Waals surface area contributed by atoms with Gasteiger partial charge in [0, 0.05) is 31.5 Å². The van der Waals surface area contributed by atoms with Gasteiger partial charge in [-0.2, -0.15) is 0 Å². The molecule has 1 saturated heterocycles. The number of hydrogen-bond acceptors (Lipinski definition) is 3. The summed E-state index contributed by atoms with van der Waals surface area (Å²) in [6.07, 6.45) is 1.36. The predicted octanol–water partition coefficient (Wildman–Crippen LogP) is 3.19. The van der Waals surface area contributed by atoms with Crippen LogP contribution in [0.4, 0.5) is 10.1 Å². The molecule has 3 nitrogen and oxygen atoms in total. The summed E-state index contributed by atoms with van der Waals surface area (Å²) in [6, 6.07) is 3.28. The summed E-state index contributed by atoms with van der Waals surface area (Å²) in [5, 5.41) is 9.91. The van der Waals surface area contributed by atoms with Gasteiger partial charge in [0.15, 0.2) is 0 Å². The molecule has 0 aromatic heterocycles. The molecule has 0 radical (unpaired) electrons. The number of ether oxygens (including phenoxy) is 1. The molecule has 0 amide bonds. The Kier molecular flexibility index (Phi) is 4.35. The first-order chi connectivity index (χ1) is 9.36. The van der Waals surface area contributed by atoms with Crippen molar-refractivity contribution in [2.45, 2.75) is 45.3 Å². The van der Waals surface area contributed by atoms with Gasteiger partial charge in [0.25, 0.3) is 0 Å². The standard InChI is InChI=1S/C16H24FNO2/c1-11-8-15(13(12(2)19)9-14(11)17)18-7-5-6-16(3,10-18)20-4/h8-9,12,19H,5-7,10H2,1-4H3/t12-,16?/m1/s1. The number of hydrogen-bond donors (Lipinski definition) is 1. The van der Waals surface area contributed by atoms with Crippen molar-refractivity contribution >= 4 is 5.69 Å². The van der Waals surface area contributed by atoms with E-state index < -0.39 is 6.10 Å². The largest absolute Gasteiger partial charge is 0.389 e. The van der Waals surface area contributed by atoms with E-state index in [-0.39, 0.29) is 11.4 Å². The van der Waals surface area contributed by atoms with Gasteiger partial charge in [-0.1, -0.05) is 0 Å². The first kappa shape index (κ1) is 15.3. The summed E-state index contributed by atoms with van der Waals surface area (Å²) < 4.78 is 19.4. The third-order valence-corrected chi connectivity index (χ3v) is 4.25. The minimum atomic E-state index is -0.684.